The van der Waals surface area contributed by atoms with Crippen molar-refractivity contribution in [1.29, 1.82) is 0 Å². The highest BCUT2D eigenvalue weighted by molar-refractivity contribution is 5.99. The molecule has 23 heavy (non-hydrogen) atoms. The van der Waals surface area contributed by atoms with Crippen LogP contribution in [0.3, 0.4) is 0 Å². The molecule has 0 fully saturated rings. The third-order valence-electron chi connectivity index (χ3n) is 3.35. The van der Waals surface area contributed by atoms with Gasteiger partial charge in [0.15, 0.2) is 0 Å². The molecule has 1 heterocycles. The third-order valence-corrected chi connectivity index (χ3v) is 3.35. The summed E-state index contributed by atoms with van der Waals surface area (Å²) in [6, 6.07) is 5.45. The zero-order chi connectivity index (χ0) is 17.1. The predicted octanol–water partition coefficient (Wildman–Crippen LogP) is 2.17. The van der Waals surface area contributed by atoms with Crippen LogP contribution in [0.5, 0.6) is 0 Å². The number of rotatable bonds is 4. The number of carbonyl (C=O) groups is 2. The number of methoxy groups -OCH3 is 2. The van der Waals surface area contributed by atoms with Crippen LogP contribution >= 0.6 is 0 Å². The number of nitrogens with zero attached hydrogens (tertiary/aromatic N) is 2. The van der Waals surface area contributed by atoms with Crippen molar-refractivity contribution in [1.82, 2.24) is 4.57 Å². The van der Waals surface area contributed by atoms with Gasteiger partial charge in [0.25, 0.3) is 5.69 Å². The van der Waals surface area contributed by atoms with Gasteiger partial charge in [0, 0.05) is 19.3 Å². The van der Waals surface area contributed by atoms with Crippen LogP contribution in [0.1, 0.15) is 20.7 Å². The highest BCUT2D eigenvalue weighted by Crippen LogP contribution is 2.34. The highest BCUT2D eigenvalue weighted by atomic mass is 16.6. The molecule has 1 aromatic carbocycles. The molecular formula is C15H14N2O6. The Kier molecular flexibility index (Phi) is 4.44. The Labute approximate surface area is 131 Å². The van der Waals surface area contributed by atoms with E-state index in [1.807, 2.05) is 0 Å². The van der Waals surface area contributed by atoms with E-state index in [2.05, 4.69) is 4.74 Å². The number of ether oxygens (including phenoxy) is 2. The van der Waals surface area contributed by atoms with E-state index < -0.39 is 16.9 Å². The van der Waals surface area contributed by atoms with Crippen molar-refractivity contribution in [3.63, 3.8) is 0 Å². The number of esters is 2. The molecule has 8 heteroatoms. The Morgan fingerprint density at radius 3 is 2.35 bits per heavy atom. The van der Waals surface area contributed by atoms with Gasteiger partial charge in [0.2, 0.25) is 0 Å². The van der Waals surface area contributed by atoms with Crippen molar-refractivity contribution < 1.29 is 24.0 Å². The summed E-state index contributed by atoms with van der Waals surface area (Å²) >= 11 is 0. The molecule has 0 saturated heterocycles. The fourth-order valence-corrected chi connectivity index (χ4v) is 2.27. The van der Waals surface area contributed by atoms with Crippen molar-refractivity contribution in [3.8, 4) is 11.3 Å². The number of benzene rings is 1. The summed E-state index contributed by atoms with van der Waals surface area (Å²) < 4.78 is 10.8. The Balaban J connectivity index is 2.69. The molecule has 0 N–H and O–H groups in total. The lowest BCUT2D eigenvalue weighted by atomic mass is 10.0. The number of carbonyl (C=O) groups excluding carboxylic acids is 2. The van der Waals surface area contributed by atoms with Gasteiger partial charge in [-0.25, -0.2) is 9.59 Å². The zero-order valence-electron chi connectivity index (χ0n) is 12.7. The van der Waals surface area contributed by atoms with Gasteiger partial charge in [-0.3, -0.25) is 10.1 Å². The molecule has 120 valence electrons. The largest absolute Gasteiger partial charge is 0.465 e. The monoisotopic (exact) mass is 318 g/mol. The lowest BCUT2D eigenvalue weighted by Gasteiger charge is -2.09. The van der Waals surface area contributed by atoms with Crippen LogP contribution in [0.15, 0.2) is 30.5 Å². The number of nitro groups is 1. The minimum Gasteiger partial charge on any atom is -0.465 e. The predicted molar refractivity (Wildman–Crippen MR) is 80.2 cm³/mol. The Bertz CT molecular complexity index is 793. The normalized spacial score (nSPS) is 10.2. The highest BCUT2D eigenvalue weighted by Gasteiger charge is 2.25. The number of aryl methyl sites for hydroxylation is 1. The van der Waals surface area contributed by atoms with Gasteiger partial charge in [-0.05, 0) is 18.2 Å². The van der Waals surface area contributed by atoms with E-state index in [1.165, 1.54) is 32.4 Å². The maximum Gasteiger partial charge on any atom is 0.340 e. The van der Waals surface area contributed by atoms with Crippen LogP contribution in [0.2, 0.25) is 0 Å². The molecule has 0 spiro atoms. The van der Waals surface area contributed by atoms with Crippen LogP contribution in [0.4, 0.5) is 5.69 Å². The fourth-order valence-electron chi connectivity index (χ4n) is 2.27. The molecule has 0 amide bonds. The summed E-state index contributed by atoms with van der Waals surface area (Å²) in [5.41, 5.74) is 0.482. The summed E-state index contributed by atoms with van der Waals surface area (Å²) in [5.74, 6) is -1.29. The van der Waals surface area contributed by atoms with E-state index in [1.54, 1.807) is 17.8 Å². The minimum atomic E-state index is -0.681. The van der Waals surface area contributed by atoms with Crippen molar-refractivity contribution in [2.45, 2.75) is 0 Å². The molecule has 0 aliphatic rings. The molecule has 1 aromatic heterocycles. The standard InChI is InChI=1S/C15H14N2O6/c1-16-7-6-11(15(19)23-3)13(16)10-5-4-9(14(18)22-2)8-12(10)17(20)21/h4-8H,1-3H3. The lowest BCUT2D eigenvalue weighted by molar-refractivity contribution is -0.384. The van der Waals surface area contributed by atoms with Crippen LogP contribution in [0, 0.1) is 10.1 Å². The molecule has 0 radical (unpaired) electrons. The zero-order valence-corrected chi connectivity index (χ0v) is 12.7. The molecule has 0 aliphatic carbocycles. The molecule has 0 atom stereocenters. The van der Waals surface area contributed by atoms with Crippen LogP contribution in [0.25, 0.3) is 11.3 Å². The SMILES string of the molecule is COC(=O)c1ccc(-c2c(C(=O)OC)ccn2C)c([N+](=O)[O-])c1. The molecular weight excluding hydrogens is 304 g/mol. The minimum absolute atomic E-state index is 0.0526. The van der Waals surface area contributed by atoms with E-state index in [-0.39, 0.29) is 22.4 Å². The number of nitro benzene ring substituents is 1. The fraction of sp³-hybridized carbons (Fsp3) is 0.200. The second-order valence-corrected chi connectivity index (χ2v) is 4.66. The second kappa shape index (κ2) is 6.30. The van der Waals surface area contributed by atoms with Gasteiger partial charge >= 0.3 is 11.9 Å². The summed E-state index contributed by atoms with van der Waals surface area (Å²) in [5, 5.41) is 11.4. The third kappa shape index (κ3) is 2.91. The first kappa shape index (κ1) is 16.2. The first-order chi connectivity index (χ1) is 10.9. The van der Waals surface area contributed by atoms with Crippen LogP contribution in [-0.2, 0) is 16.5 Å². The molecule has 0 saturated carbocycles. The summed E-state index contributed by atoms with van der Waals surface area (Å²) in [7, 11) is 4.07. The summed E-state index contributed by atoms with van der Waals surface area (Å²) in [4.78, 5) is 34.1. The van der Waals surface area contributed by atoms with E-state index in [0.717, 1.165) is 6.07 Å². The molecule has 8 nitrogen and oxygen atoms in total. The maximum absolute atomic E-state index is 11.8. The van der Waals surface area contributed by atoms with Crippen molar-refractivity contribution >= 4 is 17.6 Å². The van der Waals surface area contributed by atoms with Gasteiger partial charge in [0.05, 0.1) is 41.5 Å². The quantitative estimate of drug-likeness (QED) is 0.486. The van der Waals surface area contributed by atoms with Crippen LogP contribution in [-0.4, -0.2) is 35.6 Å². The van der Waals surface area contributed by atoms with Gasteiger partial charge in [-0.15, -0.1) is 0 Å². The number of aromatic nitrogens is 1. The Morgan fingerprint density at radius 2 is 1.78 bits per heavy atom. The first-order valence-corrected chi connectivity index (χ1v) is 6.51. The number of hydrogen-bond acceptors (Lipinski definition) is 6. The van der Waals surface area contributed by atoms with Gasteiger partial charge in [0.1, 0.15) is 0 Å². The van der Waals surface area contributed by atoms with Crippen molar-refractivity contribution in [2.24, 2.45) is 7.05 Å². The summed E-state index contributed by atoms with van der Waals surface area (Å²) in [6.45, 7) is 0. The lowest BCUT2D eigenvalue weighted by Crippen LogP contribution is -2.07. The van der Waals surface area contributed by atoms with Crippen molar-refractivity contribution in [3.05, 3.63) is 51.7 Å². The van der Waals surface area contributed by atoms with Crippen molar-refractivity contribution in [2.75, 3.05) is 14.2 Å². The average Bonchev–Trinajstić information content (AvgIpc) is 2.94. The van der Waals surface area contributed by atoms with E-state index >= 15 is 0 Å². The van der Waals surface area contributed by atoms with E-state index in [9.17, 15) is 19.7 Å². The Hall–Kier alpha value is -3.16. The molecule has 2 aromatic rings. The first-order valence-electron chi connectivity index (χ1n) is 6.51. The molecule has 2 rings (SSSR count). The summed E-state index contributed by atoms with van der Waals surface area (Å²) in [6.07, 6.45) is 1.60. The van der Waals surface area contributed by atoms with Crippen LogP contribution < -0.4 is 0 Å². The topological polar surface area (TPSA) is 101 Å². The molecule has 0 bridgehead atoms. The smallest absolute Gasteiger partial charge is 0.340 e. The average molecular weight is 318 g/mol. The molecule has 0 unspecified atom stereocenters. The van der Waals surface area contributed by atoms with Gasteiger partial charge in [-0.2, -0.15) is 0 Å². The van der Waals surface area contributed by atoms with E-state index in [0.29, 0.717) is 5.69 Å². The van der Waals surface area contributed by atoms with E-state index in [4.69, 9.17) is 4.74 Å². The van der Waals surface area contributed by atoms with Gasteiger partial charge in [-0.1, -0.05) is 0 Å². The maximum atomic E-state index is 11.8. The second-order valence-electron chi connectivity index (χ2n) is 4.66. The van der Waals surface area contributed by atoms with Gasteiger partial charge < -0.3 is 14.0 Å². The Morgan fingerprint density at radius 1 is 1.13 bits per heavy atom. The number of hydrogen-bond donors (Lipinski definition) is 0. The molecule has 0 aliphatic heterocycles.